The van der Waals surface area contributed by atoms with Gasteiger partial charge in [-0.3, -0.25) is 4.98 Å². The number of rotatable bonds is 7. The smallest absolute Gasteiger partial charge is 0.109 e. The largest absolute Gasteiger partial charge is 0.396 e. The number of aryl methyl sites for hydroxylation is 1. The van der Waals surface area contributed by atoms with Gasteiger partial charge in [-0.25, -0.2) is 4.98 Å². The van der Waals surface area contributed by atoms with Gasteiger partial charge >= 0.3 is 0 Å². The molecule has 3 rings (SSSR count). The van der Waals surface area contributed by atoms with Gasteiger partial charge in [0.15, 0.2) is 0 Å². The van der Waals surface area contributed by atoms with E-state index >= 15 is 0 Å². The molecule has 0 saturated carbocycles. The van der Waals surface area contributed by atoms with Gasteiger partial charge in [0, 0.05) is 30.9 Å². The first-order valence-corrected chi connectivity index (χ1v) is 8.99. The number of nitrogens with zero attached hydrogens (tertiary/aromatic N) is 3. The second-order valence-electron chi connectivity index (χ2n) is 6.94. The number of benzene rings is 1. The van der Waals surface area contributed by atoms with Crippen molar-refractivity contribution in [1.82, 2.24) is 14.5 Å². The molecule has 0 bridgehead atoms. The summed E-state index contributed by atoms with van der Waals surface area (Å²) < 4.78 is 2.33. The summed E-state index contributed by atoms with van der Waals surface area (Å²) >= 11 is 0. The zero-order valence-corrected chi connectivity index (χ0v) is 14.9. The molecule has 0 radical (unpaired) electrons. The quantitative estimate of drug-likeness (QED) is 0.708. The third-order valence-electron chi connectivity index (χ3n) is 4.91. The van der Waals surface area contributed by atoms with Gasteiger partial charge in [-0.15, -0.1) is 0 Å². The van der Waals surface area contributed by atoms with Crippen LogP contribution in [0.5, 0.6) is 0 Å². The van der Waals surface area contributed by atoms with E-state index in [9.17, 15) is 5.11 Å². The number of imidazole rings is 1. The number of pyridine rings is 1. The third-order valence-corrected chi connectivity index (χ3v) is 4.91. The Morgan fingerprint density at radius 1 is 1.17 bits per heavy atom. The van der Waals surface area contributed by atoms with Crippen molar-refractivity contribution < 1.29 is 5.11 Å². The normalized spacial score (nSPS) is 13.2. The van der Waals surface area contributed by atoms with Crippen molar-refractivity contribution in [3.05, 3.63) is 36.3 Å². The van der Waals surface area contributed by atoms with E-state index in [1.807, 2.05) is 18.3 Å². The van der Waals surface area contributed by atoms with Crippen molar-refractivity contribution in [3.8, 4) is 0 Å². The monoisotopic (exact) mass is 325 g/mol. The van der Waals surface area contributed by atoms with Crippen molar-refractivity contribution in [2.75, 3.05) is 6.61 Å². The van der Waals surface area contributed by atoms with Gasteiger partial charge in [0.25, 0.3) is 0 Å². The molecule has 1 N–H and O–H groups in total. The number of aromatic nitrogens is 3. The molecule has 1 aromatic carbocycles. The summed E-state index contributed by atoms with van der Waals surface area (Å²) in [5.41, 5.74) is 3.12. The van der Waals surface area contributed by atoms with Crippen LogP contribution in [0.25, 0.3) is 21.9 Å². The Morgan fingerprint density at radius 3 is 2.67 bits per heavy atom. The number of hydrogen-bond acceptors (Lipinski definition) is 3. The Kier molecular flexibility index (Phi) is 5.14. The molecule has 0 aliphatic rings. The Morgan fingerprint density at radius 2 is 1.96 bits per heavy atom. The summed E-state index contributed by atoms with van der Waals surface area (Å²) in [5, 5.41) is 10.9. The molecule has 24 heavy (non-hydrogen) atoms. The molecular weight excluding hydrogens is 298 g/mol. The minimum absolute atomic E-state index is 0.202. The summed E-state index contributed by atoms with van der Waals surface area (Å²) in [6, 6.07) is 8.24. The average Bonchev–Trinajstić information content (AvgIpc) is 2.95. The Hall–Kier alpha value is -1.94. The molecule has 4 nitrogen and oxygen atoms in total. The molecule has 3 aromatic rings. The number of aliphatic hydroxyl groups is 1. The van der Waals surface area contributed by atoms with Crippen LogP contribution >= 0.6 is 0 Å². The molecule has 2 aromatic heterocycles. The van der Waals surface area contributed by atoms with Crippen LogP contribution in [0.4, 0.5) is 0 Å². The molecule has 0 amide bonds. The second-order valence-corrected chi connectivity index (χ2v) is 6.94. The van der Waals surface area contributed by atoms with Gasteiger partial charge < -0.3 is 9.67 Å². The predicted octanol–water partition coefficient (Wildman–Crippen LogP) is 4.19. The lowest BCUT2D eigenvalue weighted by molar-refractivity contribution is 0.173. The second kappa shape index (κ2) is 7.31. The fraction of sp³-hybridized carbons (Fsp3) is 0.500. The highest BCUT2D eigenvalue weighted by Crippen LogP contribution is 2.27. The zero-order valence-electron chi connectivity index (χ0n) is 14.9. The lowest BCUT2D eigenvalue weighted by Gasteiger charge is -2.21. The summed E-state index contributed by atoms with van der Waals surface area (Å²) in [7, 11) is 0. The van der Waals surface area contributed by atoms with Crippen molar-refractivity contribution in [2.24, 2.45) is 11.8 Å². The number of aliphatic hydroxyl groups excluding tert-OH is 1. The summed E-state index contributed by atoms with van der Waals surface area (Å²) in [6.45, 7) is 7.55. The van der Waals surface area contributed by atoms with E-state index in [0.717, 1.165) is 53.6 Å². The Labute approximate surface area is 143 Å². The minimum atomic E-state index is 0.202. The maximum absolute atomic E-state index is 9.80. The highest BCUT2D eigenvalue weighted by molar-refractivity contribution is 6.02. The topological polar surface area (TPSA) is 50.9 Å². The first-order valence-electron chi connectivity index (χ1n) is 8.99. The van der Waals surface area contributed by atoms with E-state index in [0.29, 0.717) is 5.92 Å². The van der Waals surface area contributed by atoms with Crippen molar-refractivity contribution in [2.45, 2.75) is 46.6 Å². The highest BCUT2D eigenvalue weighted by Gasteiger charge is 2.19. The summed E-state index contributed by atoms with van der Waals surface area (Å²) in [6.07, 6.45) is 5.12. The van der Waals surface area contributed by atoms with Gasteiger partial charge in [-0.05, 0) is 18.4 Å². The lowest BCUT2D eigenvalue weighted by atomic mass is 9.96. The SMILES string of the molecule is CCCCc1nc2cnc3ccccc3c2n1CC(CO)C(C)C. The van der Waals surface area contributed by atoms with Gasteiger partial charge in [-0.1, -0.05) is 45.4 Å². The first kappa shape index (κ1) is 16.9. The van der Waals surface area contributed by atoms with Crippen LogP contribution in [0.15, 0.2) is 30.5 Å². The van der Waals surface area contributed by atoms with Gasteiger partial charge in [-0.2, -0.15) is 0 Å². The fourth-order valence-electron chi connectivity index (χ4n) is 3.25. The maximum atomic E-state index is 9.80. The molecule has 0 fully saturated rings. The van der Waals surface area contributed by atoms with E-state index in [-0.39, 0.29) is 12.5 Å². The van der Waals surface area contributed by atoms with Crippen LogP contribution in [0.3, 0.4) is 0 Å². The number of hydrogen-bond donors (Lipinski definition) is 1. The van der Waals surface area contributed by atoms with Crippen molar-refractivity contribution >= 4 is 21.9 Å². The molecule has 128 valence electrons. The molecule has 1 atom stereocenters. The number of para-hydroxylation sites is 1. The lowest BCUT2D eigenvalue weighted by Crippen LogP contribution is -2.21. The van der Waals surface area contributed by atoms with Crippen LogP contribution in [0, 0.1) is 11.8 Å². The van der Waals surface area contributed by atoms with E-state index in [1.54, 1.807) is 0 Å². The Balaban J connectivity index is 2.18. The molecule has 0 saturated heterocycles. The standard InChI is InChI=1S/C20H27N3O/c1-4-5-10-19-22-18-11-21-17-9-7-6-8-16(17)20(18)23(19)12-15(13-24)14(2)3/h6-9,11,14-15,24H,4-5,10,12-13H2,1-3H3. The fourth-order valence-corrected chi connectivity index (χ4v) is 3.25. The molecule has 0 aliphatic heterocycles. The molecule has 4 heteroatoms. The minimum Gasteiger partial charge on any atom is -0.396 e. The van der Waals surface area contributed by atoms with E-state index < -0.39 is 0 Å². The molecule has 1 unspecified atom stereocenters. The predicted molar refractivity (Wildman–Crippen MR) is 99.1 cm³/mol. The molecule has 0 spiro atoms. The third kappa shape index (κ3) is 3.16. The van der Waals surface area contributed by atoms with Crippen LogP contribution < -0.4 is 0 Å². The van der Waals surface area contributed by atoms with E-state index in [1.165, 1.54) is 0 Å². The molecule has 2 heterocycles. The molecule has 0 aliphatic carbocycles. The summed E-state index contributed by atoms with van der Waals surface area (Å²) in [5.74, 6) is 1.78. The van der Waals surface area contributed by atoms with Crippen LogP contribution in [-0.4, -0.2) is 26.2 Å². The number of unbranched alkanes of at least 4 members (excludes halogenated alkanes) is 1. The highest BCUT2D eigenvalue weighted by atomic mass is 16.3. The van der Waals surface area contributed by atoms with Crippen LogP contribution in [0.1, 0.15) is 39.4 Å². The Bertz CT molecular complexity index is 822. The first-order chi connectivity index (χ1) is 11.7. The van der Waals surface area contributed by atoms with Gasteiger partial charge in [0.2, 0.25) is 0 Å². The van der Waals surface area contributed by atoms with Crippen molar-refractivity contribution in [3.63, 3.8) is 0 Å². The van der Waals surface area contributed by atoms with E-state index in [2.05, 4.69) is 42.5 Å². The summed E-state index contributed by atoms with van der Waals surface area (Å²) in [4.78, 5) is 9.42. The zero-order chi connectivity index (χ0) is 17.1. The van der Waals surface area contributed by atoms with E-state index in [4.69, 9.17) is 4.98 Å². The number of fused-ring (bicyclic) bond motifs is 3. The van der Waals surface area contributed by atoms with Crippen LogP contribution in [-0.2, 0) is 13.0 Å². The van der Waals surface area contributed by atoms with Crippen molar-refractivity contribution in [1.29, 1.82) is 0 Å². The van der Waals surface area contributed by atoms with Gasteiger partial charge in [0.05, 0.1) is 17.2 Å². The molecular formula is C20H27N3O. The van der Waals surface area contributed by atoms with Crippen LogP contribution in [0.2, 0.25) is 0 Å². The maximum Gasteiger partial charge on any atom is 0.109 e. The average molecular weight is 325 g/mol. The van der Waals surface area contributed by atoms with Gasteiger partial charge in [0.1, 0.15) is 11.3 Å².